The molecule has 0 saturated carbocycles. The average Bonchev–Trinajstić information content (AvgIpc) is 3.54. The summed E-state index contributed by atoms with van der Waals surface area (Å²) in [6, 6.07) is 5.80. The molecule has 9 nitrogen and oxygen atoms in total. The second kappa shape index (κ2) is 12.8. The zero-order chi connectivity index (χ0) is 28.2. The third-order valence-electron chi connectivity index (χ3n) is 6.55. The minimum atomic E-state index is -3.90. The lowest BCUT2D eigenvalue weighted by Gasteiger charge is -2.34. The van der Waals surface area contributed by atoms with Gasteiger partial charge in [-0.05, 0) is 62.1 Å². The first kappa shape index (κ1) is 29.5. The minimum absolute atomic E-state index is 0.157. The number of piperidine rings is 1. The van der Waals surface area contributed by atoms with Crippen LogP contribution in [0.3, 0.4) is 0 Å². The number of sulfonamides is 1. The van der Waals surface area contributed by atoms with Crippen molar-refractivity contribution < 1.29 is 27.2 Å². The first-order chi connectivity index (χ1) is 18.5. The maximum Gasteiger partial charge on any atom is 0.251 e. The molecule has 2 atom stereocenters. The number of nitrogens with one attached hydrogen (secondary N) is 2. The largest absolute Gasteiger partial charge is 0.350 e. The first-order valence-corrected chi connectivity index (χ1v) is 15.4. The average molecular weight is 618 g/mol. The number of benzene rings is 1. The van der Waals surface area contributed by atoms with Gasteiger partial charge in [-0.25, -0.2) is 12.8 Å². The highest BCUT2D eigenvalue weighted by Crippen LogP contribution is 2.23. The minimum Gasteiger partial charge on any atom is -0.350 e. The van der Waals surface area contributed by atoms with Crippen LogP contribution >= 0.6 is 34.5 Å². The highest BCUT2D eigenvalue weighted by molar-refractivity contribution is 7.92. The number of carbonyl (C=O) groups excluding carboxylic acids is 3. The van der Waals surface area contributed by atoms with E-state index >= 15 is 0 Å². The summed E-state index contributed by atoms with van der Waals surface area (Å²) in [6.07, 6.45) is 3.69. The number of rotatable bonds is 9. The van der Waals surface area contributed by atoms with Crippen LogP contribution in [0.25, 0.3) is 6.08 Å². The van der Waals surface area contributed by atoms with E-state index in [0.29, 0.717) is 41.6 Å². The van der Waals surface area contributed by atoms with Crippen molar-refractivity contribution >= 4 is 68.4 Å². The van der Waals surface area contributed by atoms with Crippen molar-refractivity contribution in [2.24, 2.45) is 0 Å². The highest BCUT2D eigenvalue weighted by Gasteiger charge is 2.35. The zero-order valence-corrected chi connectivity index (χ0v) is 23.9. The summed E-state index contributed by atoms with van der Waals surface area (Å²) in [4.78, 5) is 42.3. The number of carbonyl (C=O) groups is 3. The summed E-state index contributed by atoms with van der Waals surface area (Å²) in [5.74, 6) is -1.79. The molecule has 2 aliphatic heterocycles. The van der Waals surface area contributed by atoms with Crippen LogP contribution in [0, 0.1) is 5.82 Å². The second-order valence-corrected chi connectivity index (χ2v) is 13.0. The number of hydrogen-bond acceptors (Lipinski definition) is 6. The lowest BCUT2D eigenvalue weighted by atomic mass is 10.1. The molecule has 3 amide bonds. The Morgan fingerprint density at radius 1 is 1.13 bits per heavy atom. The van der Waals surface area contributed by atoms with E-state index in [2.05, 4.69) is 10.0 Å². The van der Waals surface area contributed by atoms with Gasteiger partial charge in [-0.15, -0.1) is 11.3 Å². The molecule has 4 rings (SSSR count). The molecule has 2 saturated heterocycles. The maximum atomic E-state index is 13.4. The number of halogens is 3. The molecule has 3 heterocycles. The van der Waals surface area contributed by atoms with Crippen LogP contribution in [0.5, 0.6) is 0 Å². The van der Waals surface area contributed by atoms with Gasteiger partial charge in [-0.2, -0.15) is 4.72 Å². The van der Waals surface area contributed by atoms with E-state index in [-0.39, 0.29) is 35.6 Å². The molecule has 39 heavy (non-hydrogen) atoms. The van der Waals surface area contributed by atoms with Crippen molar-refractivity contribution in [3.8, 4) is 0 Å². The quantitative estimate of drug-likeness (QED) is 0.447. The van der Waals surface area contributed by atoms with E-state index in [1.165, 1.54) is 34.4 Å². The molecular weight excluding hydrogens is 590 g/mol. The standard InChI is InChI=1S/C25H27Cl2FN4O5S2/c26-19-13-16(5-7-20(19)28)24(34)29-14-17-3-1-11-32(17)23(33)15-31-10-2-4-21(25(31)35)30-39(36,37)12-9-18-6-8-22(27)38-18/h5-9,12-13,17,21,30H,1-4,10-11,14-15H2,(H,29,34)/t17-,21+/m1/s1. The van der Waals surface area contributed by atoms with Gasteiger partial charge in [0.2, 0.25) is 21.8 Å². The van der Waals surface area contributed by atoms with Crippen LogP contribution < -0.4 is 10.0 Å². The van der Waals surface area contributed by atoms with Gasteiger partial charge in [0.25, 0.3) is 5.91 Å². The van der Waals surface area contributed by atoms with Gasteiger partial charge in [0.15, 0.2) is 0 Å². The van der Waals surface area contributed by atoms with Gasteiger partial charge in [0.1, 0.15) is 11.9 Å². The zero-order valence-electron chi connectivity index (χ0n) is 20.7. The molecule has 0 aliphatic carbocycles. The molecule has 2 N–H and O–H groups in total. The maximum absolute atomic E-state index is 13.4. The Bertz CT molecular complexity index is 1380. The number of nitrogens with zero attached hydrogens (tertiary/aromatic N) is 2. The Labute approximate surface area is 240 Å². The van der Waals surface area contributed by atoms with Crippen molar-refractivity contribution in [3.63, 3.8) is 0 Å². The molecule has 0 radical (unpaired) electrons. The third-order valence-corrected chi connectivity index (χ3v) is 9.14. The number of likely N-dealkylation sites (tertiary alicyclic amines) is 2. The second-order valence-electron chi connectivity index (χ2n) is 9.28. The topological polar surface area (TPSA) is 116 Å². The smallest absolute Gasteiger partial charge is 0.251 e. The van der Waals surface area contributed by atoms with Crippen molar-refractivity contribution in [1.82, 2.24) is 19.8 Å². The molecule has 2 aliphatic rings. The molecule has 210 valence electrons. The lowest BCUT2D eigenvalue weighted by molar-refractivity contribution is -0.143. The lowest BCUT2D eigenvalue weighted by Crippen LogP contribution is -2.55. The first-order valence-electron chi connectivity index (χ1n) is 12.3. The molecule has 1 aromatic heterocycles. The van der Waals surface area contributed by atoms with Crippen LogP contribution in [0.4, 0.5) is 4.39 Å². The Balaban J connectivity index is 1.31. The van der Waals surface area contributed by atoms with Gasteiger partial charge < -0.3 is 15.1 Å². The van der Waals surface area contributed by atoms with E-state index in [9.17, 15) is 27.2 Å². The van der Waals surface area contributed by atoms with E-state index in [1.807, 2.05) is 0 Å². The Morgan fingerprint density at radius 3 is 2.62 bits per heavy atom. The summed E-state index contributed by atoms with van der Waals surface area (Å²) in [7, 11) is -3.90. The molecule has 1 aromatic carbocycles. The van der Waals surface area contributed by atoms with Gasteiger partial charge >= 0.3 is 0 Å². The summed E-state index contributed by atoms with van der Waals surface area (Å²) in [5.41, 5.74) is 0.207. The van der Waals surface area contributed by atoms with Crippen LogP contribution in [0.15, 0.2) is 35.7 Å². The summed E-state index contributed by atoms with van der Waals surface area (Å²) >= 11 is 12.9. The molecule has 14 heteroatoms. The van der Waals surface area contributed by atoms with Crippen molar-refractivity contribution in [2.75, 3.05) is 26.2 Å². The number of thiophene rings is 1. The summed E-state index contributed by atoms with van der Waals surface area (Å²) < 4.78 is 41.4. The summed E-state index contributed by atoms with van der Waals surface area (Å²) in [6.45, 7) is 0.834. The molecule has 2 fully saturated rings. The van der Waals surface area contributed by atoms with Gasteiger partial charge in [0.05, 0.1) is 15.9 Å². The van der Waals surface area contributed by atoms with E-state index < -0.39 is 33.7 Å². The van der Waals surface area contributed by atoms with Crippen LogP contribution in [0.2, 0.25) is 9.36 Å². The highest BCUT2D eigenvalue weighted by atomic mass is 35.5. The van der Waals surface area contributed by atoms with Gasteiger partial charge in [-0.3, -0.25) is 14.4 Å². The van der Waals surface area contributed by atoms with Crippen LogP contribution in [-0.2, 0) is 19.6 Å². The van der Waals surface area contributed by atoms with Gasteiger partial charge in [0, 0.05) is 41.5 Å². The van der Waals surface area contributed by atoms with Crippen molar-refractivity contribution in [2.45, 2.75) is 37.8 Å². The van der Waals surface area contributed by atoms with Crippen LogP contribution in [-0.4, -0.2) is 74.2 Å². The number of hydrogen-bond donors (Lipinski definition) is 2. The third kappa shape index (κ3) is 7.79. The normalized spacial score (nSPS) is 20.1. The predicted octanol–water partition coefficient (Wildman–Crippen LogP) is 3.50. The fourth-order valence-electron chi connectivity index (χ4n) is 4.60. The fourth-order valence-corrected chi connectivity index (χ4v) is 6.85. The van der Waals surface area contributed by atoms with E-state index in [1.54, 1.807) is 17.0 Å². The monoisotopic (exact) mass is 616 g/mol. The number of amides is 3. The van der Waals surface area contributed by atoms with Crippen molar-refractivity contribution in [3.05, 3.63) is 61.4 Å². The molecule has 2 aromatic rings. The van der Waals surface area contributed by atoms with E-state index in [4.69, 9.17) is 23.2 Å². The van der Waals surface area contributed by atoms with Crippen molar-refractivity contribution in [1.29, 1.82) is 0 Å². The fraction of sp³-hybridized carbons (Fsp3) is 0.400. The van der Waals surface area contributed by atoms with Crippen LogP contribution in [0.1, 0.15) is 40.9 Å². The van der Waals surface area contributed by atoms with E-state index in [0.717, 1.165) is 17.9 Å². The Hall–Kier alpha value is -2.51. The predicted molar refractivity (Wildman–Crippen MR) is 148 cm³/mol. The Morgan fingerprint density at radius 2 is 1.90 bits per heavy atom. The molecular formula is C25H27Cl2FN4O5S2. The Kier molecular flexibility index (Phi) is 9.65. The molecule has 0 spiro atoms. The van der Waals surface area contributed by atoms with Gasteiger partial charge in [-0.1, -0.05) is 23.2 Å². The summed E-state index contributed by atoms with van der Waals surface area (Å²) in [5, 5.41) is 3.60. The molecule has 0 unspecified atom stereocenters. The SMILES string of the molecule is O=C(NC[C@H]1CCCN1C(=O)CN1CCC[C@H](NS(=O)(=O)C=Cc2ccc(Cl)s2)C1=O)c1ccc(F)c(Cl)c1. The molecule has 0 bridgehead atoms.